The molecule has 2 aliphatic rings. The van der Waals surface area contributed by atoms with Gasteiger partial charge in [-0.2, -0.15) is 0 Å². The van der Waals surface area contributed by atoms with Crippen molar-refractivity contribution in [1.82, 2.24) is 19.8 Å². The maximum Gasteiger partial charge on any atom is 0.328 e. The first-order valence-corrected chi connectivity index (χ1v) is 9.58. The molecular formula is C20H24N4O4. The summed E-state index contributed by atoms with van der Waals surface area (Å²) in [4.78, 5) is 39.6. The summed E-state index contributed by atoms with van der Waals surface area (Å²) in [5.41, 5.74) is 0.242. The van der Waals surface area contributed by atoms with Crippen molar-refractivity contribution in [2.45, 2.75) is 37.6 Å². The number of carbonyl (C=O) groups excluding carboxylic acids is 1. The van der Waals surface area contributed by atoms with Gasteiger partial charge in [-0.25, -0.2) is 4.79 Å². The minimum Gasteiger partial charge on any atom is -0.371 e. The van der Waals surface area contributed by atoms with Crippen molar-refractivity contribution in [1.29, 1.82) is 0 Å². The number of carbonyl (C=O) groups is 1. The summed E-state index contributed by atoms with van der Waals surface area (Å²) in [6, 6.07) is 11.9. The van der Waals surface area contributed by atoms with Crippen LogP contribution in [-0.4, -0.2) is 52.1 Å². The summed E-state index contributed by atoms with van der Waals surface area (Å²) in [5.74, 6) is -0.0940. The number of benzene rings is 1. The minimum atomic E-state index is -0.498. The highest BCUT2D eigenvalue weighted by Crippen LogP contribution is 2.30. The lowest BCUT2D eigenvalue weighted by molar-refractivity contribution is -0.121. The molecule has 2 aromatic rings. The van der Waals surface area contributed by atoms with Crippen LogP contribution < -0.4 is 16.6 Å². The molecule has 3 heterocycles. The van der Waals surface area contributed by atoms with E-state index < -0.39 is 11.2 Å². The minimum absolute atomic E-state index is 0.0685. The monoisotopic (exact) mass is 384 g/mol. The van der Waals surface area contributed by atoms with Crippen LogP contribution in [0.2, 0.25) is 0 Å². The van der Waals surface area contributed by atoms with Crippen molar-refractivity contribution in [2.24, 2.45) is 0 Å². The topological polar surface area (TPSA) is 96.4 Å². The summed E-state index contributed by atoms with van der Waals surface area (Å²) in [6.07, 6.45) is 2.53. The molecule has 0 saturated carbocycles. The van der Waals surface area contributed by atoms with Crippen LogP contribution in [0, 0.1) is 0 Å². The van der Waals surface area contributed by atoms with Gasteiger partial charge in [-0.3, -0.25) is 19.5 Å². The number of ether oxygens (including phenoxy) is 1. The number of aromatic nitrogens is 2. The van der Waals surface area contributed by atoms with Crippen LogP contribution in [0.25, 0.3) is 0 Å². The van der Waals surface area contributed by atoms with E-state index in [9.17, 15) is 14.4 Å². The molecule has 8 heteroatoms. The lowest BCUT2D eigenvalue weighted by atomic mass is 10.1. The summed E-state index contributed by atoms with van der Waals surface area (Å²) < 4.78 is 7.37. The molecule has 2 N–H and O–H groups in total. The third kappa shape index (κ3) is 4.23. The predicted molar refractivity (Wildman–Crippen MR) is 103 cm³/mol. The molecule has 0 radical (unpaired) electrons. The maximum atomic E-state index is 12.3. The van der Waals surface area contributed by atoms with Gasteiger partial charge in [0.15, 0.2) is 0 Å². The van der Waals surface area contributed by atoms with Crippen molar-refractivity contribution in [2.75, 3.05) is 19.7 Å². The summed E-state index contributed by atoms with van der Waals surface area (Å²) in [7, 11) is 0. The number of rotatable bonds is 5. The zero-order valence-electron chi connectivity index (χ0n) is 15.5. The lowest BCUT2D eigenvalue weighted by Gasteiger charge is -2.35. The number of nitrogens with one attached hydrogen (secondary N) is 2. The molecule has 0 unspecified atom stereocenters. The molecule has 4 rings (SSSR count). The zero-order chi connectivity index (χ0) is 19.5. The number of hydrogen-bond acceptors (Lipinski definition) is 5. The van der Waals surface area contributed by atoms with Crippen LogP contribution >= 0.6 is 0 Å². The van der Waals surface area contributed by atoms with E-state index in [-0.39, 0.29) is 31.0 Å². The predicted octanol–water partition coefficient (Wildman–Crippen LogP) is 0.257. The Morgan fingerprint density at radius 2 is 2.00 bits per heavy atom. The quantitative estimate of drug-likeness (QED) is 0.771. The number of amides is 1. The number of aryl methyl sites for hydroxylation is 1. The molecule has 0 spiro atoms. The molecule has 148 valence electrons. The van der Waals surface area contributed by atoms with Crippen LogP contribution in [0.15, 0.2) is 52.2 Å². The molecule has 1 aromatic carbocycles. The first-order valence-electron chi connectivity index (χ1n) is 9.58. The Morgan fingerprint density at radius 1 is 1.18 bits per heavy atom. The molecule has 1 aromatic heterocycles. The highest BCUT2D eigenvalue weighted by Gasteiger charge is 2.38. The molecule has 28 heavy (non-hydrogen) atoms. The fraction of sp³-hybridized carbons (Fsp3) is 0.450. The van der Waals surface area contributed by atoms with E-state index >= 15 is 0 Å². The van der Waals surface area contributed by atoms with E-state index in [1.54, 1.807) is 0 Å². The number of nitrogens with zero attached hydrogens (tertiary/aromatic N) is 2. The third-order valence-corrected chi connectivity index (χ3v) is 5.43. The van der Waals surface area contributed by atoms with Gasteiger partial charge < -0.3 is 14.6 Å². The second-order valence-electron chi connectivity index (χ2n) is 7.39. The van der Waals surface area contributed by atoms with Gasteiger partial charge in [-0.15, -0.1) is 0 Å². The summed E-state index contributed by atoms with van der Waals surface area (Å²) >= 11 is 0. The Bertz CT molecular complexity index is 939. The third-order valence-electron chi connectivity index (χ3n) is 5.43. The summed E-state index contributed by atoms with van der Waals surface area (Å²) in [5, 5.41) is 3.07. The van der Waals surface area contributed by atoms with Crippen molar-refractivity contribution < 1.29 is 9.53 Å². The molecule has 3 atom stereocenters. The normalized spacial score (nSPS) is 24.6. The molecule has 0 aliphatic carbocycles. The van der Waals surface area contributed by atoms with E-state index in [1.165, 1.54) is 22.4 Å². The average molecular weight is 384 g/mol. The Labute approximate surface area is 162 Å². The molecule has 2 aliphatic heterocycles. The Morgan fingerprint density at radius 3 is 2.79 bits per heavy atom. The van der Waals surface area contributed by atoms with Crippen LogP contribution in [0.3, 0.4) is 0 Å². The molecule has 0 bridgehead atoms. The Balaban J connectivity index is 1.28. The second kappa shape index (κ2) is 8.12. The van der Waals surface area contributed by atoms with Crippen LogP contribution in [0.5, 0.6) is 0 Å². The van der Waals surface area contributed by atoms with E-state index in [1.807, 2.05) is 18.2 Å². The van der Waals surface area contributed by atoms with Gasteiger partial charge in [0.1, 0.15) is 0 Å². The maximum absolute atomic E-state index is 12.3. The molecule has 1 amide bonds. The highest BCUT2D eigenvalue weighted by atomic mass is 16.5. The average Bonchev–Trinajstić information content (AvgIpc) is 3.09. The first kappa shape index (κ1) is 18.6. The molecule has 8 nitrogen and oxygen atoms in total. The second-order valence-corrected chi connectivity index (χ2v) is 7.39. The van der Waals surface area contributed by atoms with Crippen molar-refractivity contribution >= 4 is 5.91 Å². The SMILES string of the molecule is O=C(CCn1ccc(=O)[nH]c1=O)N[C@H]1C[C@H]2CO[C@@H](c3ccccc3)CN2C1. The number of H-pyrrole nitrogens is 1. The van der Waals surface area contributed by atoms with Gasteiger partial charge in [-0.1, -0.05) is 30.3 Å². The molecular weight excluding hydrogens is 360 g/mol. The number of fused-ring (bicyclic) bond motifs is 1. The van der Waals surface area contributed by atoms with Gasteiger partial charge >= 0.3 is 5.69 Å². The highest BCUT2D eigenvalue weighted by molar-refractivity contribution is 5.76. The van der Waals surface area contributed by atoms with E-state index in [2.05, 4.69) is 27.3 Å². The van der Waals surface area contributed by atoms with Crippen LogP contribution in [-0.2, 0) is 16.1 Å². The van der Waals surface area contributed by atoms with Crippen LogP contribution in [0.1, 0.15) is 24.5 Å². The van der Waals surface area contributed by atoms with Gasteiger partial charge in [0.05, 0.1) is 12.7 Å². The van der Waals surface area contributed by atoms with E-state index in [0.29, 0.717) is 12.6 Å². The van der Waals surface area contributed by atoms with E-state index in [0.717, 1.165) is 19.5 Å². The standard InChI is InChI=1S/C20H24N4O4/c25-18(6-8-23-9-7-19(26)22-20(23)27)21-15-10-16-13-28-17(12-24(16)11-15)14-4-2-1-3-5-14/h1-5,7,9,15-17H,6,8,10-13H2,(H,21,25)(H,22,26,27)/t15-,16-,17+/m0/s1. The van der Waals surface area contributed by atoms with Crippen LogP contribution in [0.4, 0.5) is 0 Å². The molecule has 2 saturated heterocycles. The lowest BCUT2D eigenvalue weighted by Crippen LogP contribution is -2.43. The van der Waals surface area contributed by atoms with Gasteiger partial charge in [0.2, 0.25) is 5.91 Å². The largest absolute Gasteiger partial charge is 0.371 e. The van der Waals surface area contributed by atoms with Crippen molar-refractivity contribution in [3.63, 3.8) is 0 Å². The Kier molecular flexibility index (Phi) is 5.40. The number of morpholine rings is 1. The number of hydrogen-bond donors (Lipinski definition) is 2. The Hall–Kier alpha value is -2.71. The van der Waals surface area contributed by atoms with Gasteiger partial charge in [0, 0.05) is 50.4 Å². The van der Waals surface area contributed by atoms with Crippen molar-refractivity contribution in [3.05, 3.63) is 69.0 Å². The zero-order valence-corrected chi connectivity index (χ0v) is 15.5. The van der Waals surface area contributed by atoms with Crippen molar-refractivity contribution in [3.8, 4) is 0 Å². The van der Waals surface area contributed by atoms with Gasteiger partial charge in [-0.05, 0) is 12.0 Å². The number of aromatic amines is 1. The fourth-order valence-corrected chi connectivity index (χ4v) is 3.99. The molecule has 2 fully saturated rings. The fourth-order valence-electron chi connectivity index (χ4n) is 3.99. The van der Waals surface area contributed by atoms with E-state index in [4.69, 9.17) is 4.74 Å². The first-order chi connectivity index (χ1) is 13.6. The van der Waals surface area contributed by atoms with Gasteiger partial charge in [0.25, 0.3) is 5.56 Å². The smallest absolute Gasteiger partial charge is 0.328 e. The summed E-state index contributed by atoms with van der Waals surface area (Å²) in [6.45, 7) is 2.54.